The van der Waals surface area contributed by atoms with Crippen molar-refractivity contribution in [2.75, 3.05) is 16.8 Å². The van der Waals surface area contributed by atoms with Crippen molar-refractivity contribution in [3.63, 3.8) is 0 Å². The lowest BCUT2D eigenvalue weighted by Crippen LogP contribution is -2.16. The molecule has 0 heterocycles. The number of hydrogen-bond acceptors (Lipinski definition) is 2. The van der Waals surface area contributed by atoms with E-state index >= 15 is 0 Å². The lowest BCUT2D eigenvalue weighted by atomic mass is 10.0. The van der Waals surface area contributed by atoms with E-state index in [4.69, 9.17) is 0 Å². The smallest absolute Gasteiger partial charge is 0.0698 e. The third kappa shape index (κ3) is 4.37. The van der Waals surface area contributed by atoms with Crippen molar-refractivity contribution in [2.45, 2.75) is 0 Å². The molecule has 0 bridgehead atoms. The fraction of sp³-hybridized carbons (Fsp3) is 0.0323. The van der Waals surface area contributed by atoms with Crippen LogP contribution in [0.4, 0.5) is 28.4 Å². The highest BCUT2D eigenvalue weighted by molar-refractivity contribution is 5.87. The summed E-state index contributed by atoms with van der Waals surface area (Å²) in [6.07, 6.45) is 0. The van der Waals surface area contributed by atoms with E-state index in [1.807, 2.05) is 0 Å². The average molecular weight is 427 g/mol. The Bertz CT molecular complexity index is 1280. The summed E-state index contributed by atoms with van der Waals surface area (Å²) in [5.74, 6) is 0. The maximum Gasteiger partial charge on any atom is 0.0698 e. The van der Waals surface area contributed by atoms with Crippen LogP contribution < -0.4 is 9.80 Å². The van der Waals surface area contributed by atoms with Gasteiger partial charge < -0.3 is 9.80 Å². The first-order chi connectivity index (χ1) is 16.3. The minimum Gasteiger partial charge on any atom is -0.343 e. The summed E-state index contributed by atoms with van der Waals surface area (Å²) >= 11 is 0. The van der Waals surface area contributed by atoms with Gasteiger partial charge in [0.1, 0.15) is 0 Å². The molecule has 0 aliphatic carbocycles. The number of benzene rings is 5. The molecule has 0 aromatic heterocycles. The summed E-state index contributed by atoms with van der Waals surface area (Å²) in [4.78, 5) is 4.58. The largest absolute Gasteiger partial charge is 0.343 e. The fourth-order valence-corrected chi connectivity index (χ4v) is 4.18. The van der Waals surface area contributed by atoms with Crippen LogP contribution in [0.3, 0.4) is 0 Å². The van der Waals surface area contributed by atoms with Crippen LogP contribution in [0.25, 0.3) is 11.1 Å². The molecule has 0 unspecified atom stereocenters. The Labute approximate surface area is 196 Å². The van der Waals surface area contributed by atoms with Crippen LogP contribution >= 0.6 is 0 Å². The second-order valence-electron chi connectivity index (χ2n) is 7.97. The molecule has 0 aliphatic rings. The van der Waals surface area contributed by atoms with Gasteiger partial charge >= 0.3 is 0 Å². The highest BCUT2D eigenvalue weighted by Crippen LogP contribution is 2.42. The Kier molecular flexibility index (Phi) is 5.90. The molecule has 2 nitrogen and oxygen atoms in total. The van der Waals surface area contributed by atoms with Gasteiger partial charge in [-0.05, 0) is 59.7 Å². The zero-order valence-corrected chi connectivity index (χ0v) is 18.7. The number of nitrogens with zero attached hydrogens (tertiary/aromatic N) is 2. The van der Waals surface area contributed by atoms with E-state index in [1.54, 1.807) is 0 Å². The molecule has 33 heavy (non-hydrogen) atoms. The Morgan fingerprint density at radius 1 is 0.394 bits per heavy atom. The van der Waals surface area contributed by atoms with Gasteiger partial charge in [0.15, 0.2) is 0 Å². The summed E-state index contributed by atoms with van der Waals surface area (Å²) in [5, 5.41) is 0. The molecule has 5 aromatic carbocycles. The normalized spacial score (nSPS) is 10.6. The van der Waals surface area contributed by atoms with E-state index < -0.39 is 0 Å². The first kappa shape index (κ1) is 20.6. The summed E-state index contributed by atoms with van der Waals surface area (Å²) in [7, 11) is 2.14. The van der Waals surface area contributed by atoms with Crippen molar-refractivity contribution in [1.29, 1.82) is 0 Å². The minimum absolute atomic E-state index is 1.13. The Hall–Kier alpha value is -4.30. The zero-order valence-electron chi connectivity index (χ0n) is 18.7. The van der Waals surface area contributed by atoms with Gasteiger partial charge in [-0.3, -0.25) is 0 Å². The van der Waals surface area contributed by atoms with Crippen LogP contribution in [-0.2, 0) is 0 Å². The quantitative estimate of drug-likeness (QED) is 0.268. The van der Waals surface area contributed by atoms with E-state index in [0.29, 0.717) is 0 Å². The van der Waals surface area contributed by atoms with Gasteiger partial charge in [-0.1, -0.05) is 91.0 Å². The predicted octanol–water partition coefficient (Wildman–Crippen LogP) is 8.59. The maximum atomic E-state index is 2.31. The summed E-state index contributed by atoms with van der Waals surface area (Å²) < 4.78 is 0. The molecule has 0 amide bonds. The van der Waals surface area contributed by atoms with Crippen LogP contribution in [0.5, 0.6) is 0 Å². The van der Waals surface area contributed by atoms with Crippen LogP contribution in [0, 0.1) is 0 Å². The van der Waals surface area contributed by atoms with Crippen molar-refractivity contribution >= 4 is 28.4 Å². The standard InChI is InChI=1S/C31H26N2/c1-32(29-21-13-16-26(24-29)25-14-5-2-6-15-25)30-22-11-12-23-31(30)33(27-17-7-3-8-18-27)28-19-9-4-10-20-28/h2-24H,1H3. The molecule has 0 radical (unpaired) electrons. The molecule has 0 spiro atoms. The van der Waals surface area contributed by atoms with Gasteiger partial charge in [0.05, 0.1) is 11.4 Å². The lowest BCUT2D eigenvalue weighted by Gasteiger charge is -2.31. The van der Waals surface area contributed by atoms with E-state index in [1.165, 1.54) is 11.1 Å². The average Bonchev–Trinajstić information content (AvgIpc) is 2.91. The molecular formula is C31H26N2. The van der Waals surface area contributed by atoms with E-state index in [0.717, 1.165) is 28.4 Å². The Morgan fingerprint density at radius 2 is 0.848 bits per heavy atom. The van der Waals surface area contributed by atoms with E-state index in [9.17, 15) is 0 Å². The molecule has 0 saturated heterocycles. The van der Waals surface area contributed by atoms with E-state index in [2.05, 4.69) is 156 Å². The monoisotopic (exact) mass is 426 g/mol. The fourth-order valence-electron chi connectivity index (χ4n) is 4.18. The van der Waals surface area contributed by atoms with Crippen LogP contribution in [0.1, 0.15) is 0 Å². The highest BCUT2D eigenvalue weighted by Gasteiger charge is 2.18. The first-order valence-corrected chi connectivity index (χ1v) is 11.2. The van der Waals surface area contributed by atoms with Crippen molar-refractivity contribution in [2.24, 2.45) is 0 Å². The van der Waals surface area contributed by atoms with Gasteiger partial charge in [0.2, 0.25) is 0 Å². The van der Waals surface area contributed by atoms with Crippen LogP contribution in [-0.4, -0.2) is 7.05 Å². The molecule has 2 heteroatoms. The predicted molar refractivity (Wildman–Crippen MR) is 141 cm³/mol. The molecule has 5 aromatic rings. The summed E-state index contributed by atoms with van der Waals surface area (Å²) in [6.45, 7) is 0. The second-order valence-corrected chi connectivity index (χ2v) is 7.97. The Morgan fingerprint density at radius 3 is 1.45 bits per heavy atom. The number of hydrogen-bond donors (Lipinski definition) is 0. The van der Waals surface area contributed by atoms with Gasteiger partial charge in [0.25, 0.3) is 0 Å². The Balaban J connectivity index is 1.60. The summed E-state index contributed by atoms with van der Waals surface area (Å²) in [6, 6.07) is 48.9. The third-order valence-corrected chi connectivity index (χ3v) is 5.85. The van der Waals surface area contributed by atoms with Crippen LogP contribution in [0.2, 0.25) is 0 Å². The van der Waals surface area contributed by atoms with Gasteiger partial charge in [-0.25, -0.2) is 0 Å². The number of anilines is 5. The third-order valence-electron chi connectivity index (χ3n) is 5.85. The van der Waals surface area contributed by atoms with Gasteiger partial charge in [0, 0.05) is 24.1 Å². The van der Waals surface area contributed by atoms with Crippen molar-refractivity contribution in [3.8, 4) is 11.1 Å². The number of rotatable bonds is 6. The molecule has 0 aliphatic heterocycles. The molecule has 0 saturated carbocycles. The first-order valence-electron chi connectivity index (χ1n) is 11.2. The minimum atomic E-state index is 1.13. The number of para-hydroxylation sites is 4. The maximum absolute atomic E-state index is 2.31. The molecule has 160 valence electrons. The van der Waals surface area contributed by atoms with Gasteiger partial charge in [-0.2, -0.15) is 0 Å². The topological polar surface area (TPSA) is 6.48 Å². The van der Waals surface area contributed by atoms with E-state index in [-0.39, 0.29) is 0 Å². The van der Waals surface area contributed by atoms with Crippen molar-refractivity contribution in [3.05, 3.63) is 140 Å². The van der Waals surface area contributed by atoms with Crippen molar-refractivity contribution < 1.29 is 0 Å². The summed E-state index contributed by atoms with van der Waals surface area (Å²) in [5.41, 5.74) is 8.09. The second kappa shape index (κ2) is 9.46. The van der Waals surface area contributed by atoms with Gasteiger partial charge in [-0.15, -0.1) is 0 Å². The highest BCUT2D eigenvalue weighted by atomic mass is 15.2. The molecule has 0 N–H and O–H groups in total. The molecule has 0 atom stereocenters. The molecule has 5 rings (SSSR count). The molecule has 0 fully saturated rings. The van der Waals surface area contributed by atoms with Crippen molar-refractivity contribution in [1.82, 2.24) is 0 Å². The van der Waals surface area contributed by atoms with Crippen LogP contribution in [0.15, 0.2) is 140 Å². The SMILES string of the molecule is CN(c1cccc(-c2ccccc2)c1)c1ccccc1N(c1ccccc1)c1ccccc1. The zero-order chi connectivity index (χ0) is 22.5. The lowest BCUT2D eigenvalue weighted by molar-refractivity contribution is 1.18. The molecular weight excluding hydrogens is 400 g/mol.